The molecule has 0 spiro atoms. The van der Waals surface area contributed by atoms with Gasteiger partial charge in [0.25, 0.3) is 0 Å². The molecule has 0 aliphatic carbocycles. The standard InChI is InChI=1S/C40H61NO15S/c1-11-27-40(9)33(44)21(3)31(56-40)20(2)18-38(7,47)35(55-37-30(43)26(17-28(42)53-37)41-57(48,49)25-15-13-12-14-16-25)22(4)32(23(5)36(46)52-27)54-29-19-39(8,50-10)34(45)24(6)51-29/h12-16,20,22-24,26-30,32,34-35,37,41-43,45,47H,11,17-19H2,1-10H3/t20-,22+,23-,24+,26+,27-,28+,29+,30-,32+,34+,35-,37+,38-,39-,40+/m1/s1. The number of ether oxygens (including phenoxy) is 7. The molecule has 16 atom stereocenters. The minimum atomic E-state index is -4.17. The summed E-state index contributed by atoms with van der Waals surface area (Å²) in [5, 5.41) is 46.0. The normalized spacial score (nSPS) is 43.7. The average molecular weight is 828 g/mol. The second-order valence-electron chi connectivity index (χ2n) is 16.8. The van der Waals surface area contributed by atoms with E-state index in [4.69, 9.17) is 33.2 Å². The second kappa shape index (κ2) is 17.2. The van der Waals surface area contributed by atoms with Gasteiger partial charge in [0, 0.05) is 37.4 Å². The Morgan fingerprint density at radius 3 is 2.23 bits per heavy atom. The van der Waals surface area contributed by atoms with Crippen LogP contribution in [0.3, 0.4) is 0 Å². The van der Waals surface area contributed by atoms with Crippen molar-refractivity contribution in [2.24, 2.45) is 17.8 Å². The third kappa shape index (κ3) is 9.14. The molecule has 0 aromatic heterocycles. The summed E-state index contributed by atoms with van der Waals surface area (Å²) in [6, 6.07) is 6.23. The number of sulfonamides is 1. The van der Waals surface area contributed by atoms with E-state index in [1.165, 1.54) is 26.2 Å². The molecule has 2 bridgehead atoms. The van der Waals surface area contributed by atoms with Gasteiger partial charge in [0.1, 0.15) is 24.1 Å². The zero-order valence-corrected chi connectivity index (χ0v) is 35.2. The van der Waals surface area contributed by atoms with Crippen molar-refractivity contribution in [2.75, 3.05) is 7.11 Å². The SMILES string of the molecule is CC[C@H]1OC(=O)[C@H](C)[C@@H](O[C@H]2C[C@@](C)(OC)[C@@H](O)[C@H](C)O2)[C@H](C)[C@@H](O[C@@H]2O[C@H](O)C[C@H](NS(=O)(=O)c3ccccc3)[C@H]2O)[C@](C)(O)C[C@@H](C)C2=C(C)C(=O)[C@@]1(C)O2. The molecule has 16 nitrogen and oxygen atoms in total. The molecule has 0 unspecified atom stereocenters. The van der Waals surface area contributed by atoms with Gasteiger partial charge in [0.15, 0.2) is 18.9 Å². The Balaban J connectivity index is 1.57. The van der Waals surface area contributed by atoms with E-state index in [1.54, 1.807) is 73.6 Å². The number of methoxy groups -OCH3 is 1. The number of hydrogen-bond donors (Lipinski definition) is 5. The van der Waals surface area contributed by atoms with Gasteiger partial charge >= 0.3 is 5.97 Å². The number of rotatable bonds is 9. The Hall–Kier alpha value is -2.55. The third-order valence-electron chi connectivity index (χ3n) is 12.2. The minimum Gasteiger partial charge on any atom is -0.479 e. The Kier molecular flexibility index (Phi) is 13.7. The van der Waals surface area contributed by atoms with Gasteiger partial charge < -0.3 is 53.6 Å². The van der Waals surface area contributed by atoms with Gasteiger partial charge in [-0.3, -0.25) is 9.59 Å². The first kappa shape index (κ1) is 45.5. The smallest absolute Gasteiger partial charge is 0.311 e. The summed E-state index contributed by atoms with van der Waals surface area (Å²) in [6.07, 6.45) is -11.5. The number of allylic oxidation sites excluding steroid dienone is 1. The van der Waals surface area contributed by atoms with E-state index in [0.717, 1.165) is 0 Å². The summed E-state index contributed by atoms with van der Waals surface area (Å²) < 4.78 is 72.1. The van der Waals surface area contributed by atoms with E-state index in [-0.39, 0.29) is 36.4 Å². The van der Waals surface area contributed by atoms with Gasteiger partial charge in [0.2, 0.25) is 21.4 Å². The van der Waals surface area contributed by atoms with Crippen LogP contribution in [0.25, 0.3) is 0 Å². The summed E-state index contributed by atoms with van der Waals surface area (Å²) in [6.45, 7) is 14.8. The maximum Gasteiger partial charge on any atom is 0.311 e. The third-order valence-corrected chi connectivity index (χ3v) is 13.7. The van der Waals surface area contributed by atoms with Crippen molar-refractivity contribution in [2.45, 2.75) is 171 Å². The van der Waals surface area contributed by atoms with Crippen molar-refractivity contribution in [1.29, 1.82) is 0 Å². The molecule has 322 valence electrons. The molecule has 17 heteroatoms. The molecule has 4 aliphatic rings. The van der Waals surface area contributed by atoms with E-state index < -0.39 is 112 Å². The number of Topliss-reactive ketones (excluding diaryl/α,β-unsaturated/α-hetero) is 1. The molecule has 3 saturated heterocycles. The van der Waals surface area contributed by atoms with Crippen molar-refractivity contribution < 1.29 is 71.6 Å². The van der Waals surface area contributed by atoms with Crippen LogP contribution in [0, 0.1) is 17.8 Å². The van der Waals surface area contributed by atoms with Gasteiger partial charge in [-0.05, 0) is 66.5 Å². The zero-order valence-electron chi connectivity index (χ0n) is 34.4. The lowest BCUT2D eigenvalue weighted by atomic mass is 9.77. The Labute approximate surface area is 335 Å². The van der Waals surface area contributed by atoms with Crippen LogP contribution in [-0.2, 0) is 52.8 Å². The zero-order chi connectivity index (χ0) is 42.4. The molecule has 5 N–H and O–H groups in total. The number of fused-ring (bicyclic) bond motifs is 2. The molecule has 0 saturated carbocycles. The molecule has 0 amide bonds. The van der Waals surface area contributed by atoms with E-state index in [9.17, 15) is 38.4 Å². The number of aliphatic hydroxyl groups excluding tert-OH is 3. The Morgan fingerprint density at radius 1 is 0.965 bits per heavy atom. The van der Waals surface area contributed by atoms with Gasteiger partial charge in [-0.1, -0.05) is 39.0 Å². The highest BCUT2D eigenvalue weighted by atomic mass is 32.2. The van der Waals surface area contributed by atoms with Crippen molar-refractivity contribution >= 4 is 21.8 Å². The average Bonchev–Trinajstić information content (AvgIpc) is 3.39. The Morgan fingerprint density at radius 2 is 1.61 bits per heavy atom. The molecule has 1 aromatic rings. The Bertz CT molecular complexity index is 1740. The van der Waals surface area contributed by atoms with E-state index in [0.29, 0.717) is 11.3 Å². The fourth-order valence-electron chi connectivity index (χ4n) is 8.87. The van der Waals surface area contributed by atoms with Crippen molar-refractivity contribution in [1.82, 2.24) is 4.72 Å². The van der Waals surface area contributed by atoms with Crippen LogP contribution < -0.4 is 4.72 Å². The lowest BCUT2D eigenvalue weighted by Crippen LogP contribution is -2.61. The molecule has 57 heavy (non-hydrogen) atoms. The van der Waals surface area contributed by atoms with Crippen LogP contribution >= 0.6 is 0 Å². The van der Waals surface area contributed by atoms with Gasteiger partial charge in [-0.2, -0.15) is 0 Å². The molecular weight excluding hydrogens is 766 g/mol. The number of carbonyl (C=O) groups excluding carboxylic acids is 2. The van der Waals surface area contributed by atoms with Crippen molar-refractivity contribution in [3.8, 4) is 0 Å². The molecule has 4 aliphatic heterocycles. The van der Waals surface area contributed by atoms with Crippen molar-refractivity contribution in [3.05, 3.63) is 41.7 Å². The van der Waals surface area contributed by atoms with Crippen LogP contribution in [0.1, 0.15) is 88.0 Å². The van der Waals surface area contributed by atoms with Gasteiger partial charge in [0.05, 0.1) is 46.4 Å². The molecule has 3 fully saturated rings. The topological polar surface area (TPSA) is 226 Å². The first-order valence-electron chi connectivity index (χ1n) is 19.7. The number of esters is 1. The minimum absolute atomic E-state index is 0.0459. The monoisotopic (exact) mass is 827 g/mol. The lowest BCUT2D eigenvalue weighted by Gasteiger charge is -2.48. The first-order chi connectivity index (χ1) is 26.5. The first-order valence-corrected chi connectivity index (χ1v) is 21.1. The maximum atomic E-state index is 14.2. The van der Waals surface area contributed by atoms with E-state index in [2.05, 4.69) is 4.72 Å². The molecule has 0 radical (unpaired) electrons. The van der Waals surface area contributed by atoms with E-state index in [1.807, 2.05) is 0 Å². The number of carbonyl (C=O) groups is 2. The van der Waals surface area contributed by atoms with Gasteiger partial charge in [-0.25, -0.2) is 13.1 Å². The number of ketones is 1. The number of cyclic esters (lactones) is 1. The molecule has 1 aromatic carbocycles. The number of nitrogens with one attached hydrogen (secondary N) is 1. The molecular formula is C40H61NO15S. The summed E-state index contributed by atoms with van der Waals surface area (Å²) >= 11 is 0. The van der Waals surface area contributed by atoms with Crippen LogP contribution in [0.4, 0.5) is 0 Å². The van der Waals surface area contributed by atoms with Crippen LogP contribution in [0.5, 0.6) is 0 Å². The molecule has 5 rings (SSSR count). The van der Waals surface area contributed by atoms with Crippen LogP contribution in [0.2, 0.25) is 0 Å². The number of benzene rings is 1. The summed E-state index contributed by atoms with van der Waals surface area (Å²) in [4.78, 5) is 28.0. The van der Waals surface area contributed by atoms with E-state index >= 15 is 0 Å². The summed E-state index contributed by atoms with van der Waals surface area (Å²) in [7, 11) is -2.71. The van der Waals surface area contributed by atoms with Crippen LogP contribution in [0.15, 0.2) is 46.6 Å². The largest absolute Gasteiger partial charge is 0.479 e. The van der Waals surface area contributed by atoms with Crippen LogP contribution in [-0.4, -0.2) is 126 Å². The second-order valence-corrected chi connectivity index (χ2v) is 18.5. The summed E-state index contributed by atoms with van der Waals surface area (Å²) in [5.41, 5.74) is -4.20. The fourth-order valence-corrected chi connectivity index (χ4v) is 10.2. The number of aliphatic hydroxyl groups is 4. The summed E-state index contributed by atoms with van der Waals surface area (Å²) in [5.74, 6) is -3.47. The predicted octanol–water partition coefficient (Wildman–Crippen LogP) is 2.45. The molecule has 4 heterocycles. The maximum absolute atomic E-state index is 14.2. The highest BCUT2D eigenvalue weighted by Gasteiger charge is 2.56. The van der Waals surface area contributed by atoms with Crippen molar-refractivity contribution in [3.63, 3.8) is 0 Å². The number of hydrogen-bond acceptors (Lipinski definition) is 15. The highest BCUT2D eigenvalue weighted by Crippen LogP contribution is 2.44. The van der Waals surface area contributed by atoms with Gasteiger partial charge in [-0.15, -0.1) is 0 Å². The highest BCUT2D eigenvalue weighted by molar-refractivity contribution is 7.89. The fraction of sp³-hybridized carbons (Fsp3) is 0.750. The quantitative estimate of drug-likeness (QED) is 0.226. The predicted molar refractivity (Wildman–Crippen MR) is 202 cm³/mol. The lowest BCUT2D eigenvalue weighted by molar-refractivity contribution is -0.332.